The molecule has 1 unspecified atom stereocenters. The Bertz CT molecular complexity index is 369. The highest BCUT2D eigenvalue weighted by atomic mass is 19.1. The van der Waals surface area contributed by atoms with Gasteiger partial charge in [-0.15, -0.1) is 6.58 Å². The minimum atomic E-state index is -0.799. The minimum Gasteiger partial charge on any atom is -0.390 e. The van der Waals surface area contributed by atoms with Gasteiger partial charge in [-0.25, -0.2) is 4.39 Å². The summed E-state index contributed by atoms with van der Waals surface area (Å²) in [6.45, 7) is 7.34. The van der Waals surface area contributed by atoms with Crippen LogP contribution >= 0.6 is 0 Å². The molecule has 1 atom stereocenters. The lowest BCUT2D eigenvalue weighted by atomic mass is 9.90. The molecule has 88 valence electrons. The molecular formula is C14H19FO. The lowest BCUT2D eigenvalue weighted by Crippen LogP contribution is -2.27. The van der Waals surface area contributed by atoms with Crippen LogP contribution in [0.4, 0.5) is 4.39 Å². The minimum absolute atomic E-state index is 0.250. The van der Waals surface area contributed by atoms with Crippen molar-refractivity contribution in [3.8, 4) is 0 Å². The first-order chi connectivity index (χ1) is 7.44. The Kier molecular flexibility index (Phi) is 4.25. The van der Waals surface area contributed by atoms with Crippen LogP contribution in [0.5, 0.6) is 0 Å². The summed E-state index contributed by atoms with van der Waals surface area (Å²) in [6.07, 6.45) is 3.67. The second-order valence-corrected chi connectivity index (χ2v) is 4.57. The molecule has 1 aromatic carbocycles. The van der Waals surface area contributed by atoms with Gasteiger partial charge in [0.2, 0.25) is 0 Å². The Labute approximate surface area is 96.6 Å². The normalized spacial score (nSPS) is 14.5. The van der Waals surface area contributed by atoms with Crippen LogP contribution in [0.3, 0.4) is 0 Å². The van der Waals surface area contributed by atoms with Crippen LogP contribution in [-0.2, 0) is 6.42 Å². The summed E-state index contributed by atoms with van der Waals surface area (Å²) in [7, 11) is 0. The van der Waals surface area contributed by atoms with Gasteiger partial charge in [-0.1, -0.05) is 12.1 Å². The highest BCUT2D eigenvalue weighted by molar-refractivity contribution is 5.27. The predicted octanol–water partition coefficient (Wildman–Crippen LogP) is 3.39. The predicted molar refractivity (Wildman–Crippen MR) is 64.9 cm³/mol. The molecule has 1 nitrogen and oxygen atoms in total. The molecule has 0 aliphatic carbocycles. The van der Waals surface area contributed by atoms with Crippen molar-refractivity contribution in [3.63, 3.8) is 0 Å². The van der Waals surface area contributed by atoms with Gasteiger partial charge < -0.3 is 5.11 Å². The maximum absolute atomic E-state index is 13.1. The molecule has 1 aromatic rings. The van der Waals surface area contributed by atoms with E-state index in [1.807, 2.05) is 6.92 Å². The van der Waals surface area contributed by atoms with Gasteiger partial charge in [-0.2, -0.15) is 0 Å². The molecule has 0 aromatic heterocycles. The van der Waals surface area contributed by atoms with Crippen molar-refractivity contribution in [2.75, 3.05) is 0 Å². The number of aliphatic hydroxyl groups is 1. The fourth-order valence-electron chi connectivity index (χ4n) is 1.74. The molecule has 0 amide bonds. The summed E-state index contributed by atoms with van der Waals surface area (Å²) in [5.74, 6) is -0.250. The Morgan fingerprint density at radius 2 is 2.19 bits per heavy atom. The van der Waals surface area contributed by atoms with Crippen LogP contribution in [0.15, 0.2) is 30.9 Å². The molecule has 0 saturated heterocycles. The number of benzene rings is 1. The van der Waals surface area contributed by atoms with Gasteiger partial charge in [0.1, 0.15) is 5.82 Å². The monoisotopic (exact) mass is 222 g/mol. The Morgan fingerprint density at radius 1 is 1.50 bits per heavy atom. The third kappa shape index (κ3) is 3.78. The van der Waals surface area contributed by atoms with Crippen molar-refractivity contribution in [1.82, 2.24) is 0 Å². The Morgan fingerprint density at radius 3 is 2.81 bits per heavy atom. The third-order valence-corrected chi connectivity index (χ3v) is 2.77. The van der Waals surface area contributed by atoms with E-state index in [0.29, 0.717) is 12.8 Å². The largest absolute Gasteiger partial charge is 0.390 e. The van der Waals surface area contributed by atoms with Crippen molar-refractivity contribution >= 4 is 0 Å². The first kappa shape index (κ1) is 12.9. The van der Waals surface area contributed by atoms with E-state index in [0.717, 1.165) is 17.5 Å². The first-order valence-electron chi connectivity index (χ1n) is 5.53. The molecule has 0 fully saturated rings. The summed E-state index contributed by atoms with van der Waals surface area (Å²) in [6, 6.07) is 4.68. The van der Waals surface area contributed by atoms with E-state index in [4.69, 9.17) is 0 Å². The van der Waals surface area contributed by atoms with Gasteiger partial charge in [0, 0.05) is 6.42 Å². The van der Waals surface area contributed by atoms with E-state index in [-0.39, 0.29) is 5.82 Å². The molecule has 1 N–H and O–H groups in total. The van der Waals surface area contributed by atoms with Crippen LogP contribution in [0.25, 0.3) is 0 Å². The zero-order chi connectivity index (χ0) is 12.2. The maximum atomic E-state index is 13.1. The van der Waals surface area contributed by atoms with Gasteiger partial charge in [0.15, 0.2) is 0 Å². The van der Waals surface area contributed by atoms with Crippen molar-refractivity contribution in [3.05, 3.63) is 47.8 Å². The molecule has 0 aliphatic heterocycles. The van der Waals surface area contributed by atoms with E-state index in [2.05, 4.69) is 6.58 Å². The number of aryl methyl sites for hydroxylation is 1. The average molecular weight is 222 g/mol. The van der Waals surface area contributed by atoms with E-state index in [1.54, 1.807) is 19.1 Å². The number of allylic oxidation sites excluding steroid dienone is 1. The Balaban J connectivity index is 2.78. The number of rotatable bonds is 5. The second kappa shape index (κ2) is 5.26. The second-order valence-electron chi connectivity index (χ2n) is 4.57. The Hall–Kier alpha value is -1.15. The van der Waals surface area contributed by atoms with E-state index >= 15 is 0 Å². The molecule has 0 saturated carbocycles. The molecule has 0 spiro atoms. The smallest absolute Gasteiger partial charge is 0.123 e. The van der Waals surface area contributed by atoms with Crippen LogP contribution in [-0.4, -0.2) is 10.7 Å². The number of hydrogen-bond acceptors (Lipinski definition) is 1. The molecule has 1 rings (SSSR count). The maximum Gasteiger partial charge on any atom is 0.123 e. The van der Waals surface area contributed by atoms with Crippen LogP contribution in [0, 0.1) is 12.7 Å². The number of halogens is 1. The molecule has 0 radical (unpaired) electrons. The van der Waals surface area contributed by atoms with Crippen molar-refractivity contribution < 1.29 is 9.50 Å². The molecule has 16 heavy (non-hydrogen) atoms. The van der Waals surface area contributed by atoms with Gasteiger partial charge in [-0.05, 0) is 49.9 Å². The summed E-state index contributed by atoms with van der Waals surface area (Å²) < 4.78 is 13.1. The third-order valence-electron chi connectivity index (χ3n) is 2.77. The molecule has 2 heteroatoms. The first-order valence-corrected chi connectivity index (χ1v) is 5.53. The van der Waals surface area contributed by atoms with Gasteiger partial charge in [0.25, 0.3) is 0 Å². The highest BCUT2D eigenvalue weighted by Crippen LogP contribution is 2.21. The average Bonchev–Trinajstić information content (AvgIpc) is 2.20. The van der Waals surface area contributed by atoms with Crippen LogP contribution in [0.1, 0.15) is 30.9 Å². The lowest BCUT2D eigenvalue weighted by molar-refractivity contribution is 0.0521. The summed E-state index contributed by atoms with van der Waals surface area (Å²) >= 11 is 0. The summed E-state index contributed by atoms with van der Waals surface area (Å²) in [5, 5.41) is 10.1. The van der Waals surface area contributed by atoms with Gasteiger partial charge in [0.05, 0.1) is 5.60 Å². The number of hydrogen-bond donors (Lipinski definition) is 1. The van der Waals surface area contributed by atoms with E-state index in [9.17, 15) is 9.50 Å². The quantitative estimate of drug-likeness (QED) is 0.757. The van der Waals surface area contributed by atoms with Crippen molar-refractivity contribution in [2.24, 2.45) is 0 Å². The summed E-state index contributed by atoms with van der Waals surface area (Å²) in [4.78, 5) is 0. The van der Waals surface area contributed by atoms with Crippen LogP contribution < -0.4 is 0 Å². The standard InChI is InChI=1S/C14H19FO/c1-4-5-8-14(3,16)10-12-9-13(15)7-6-11(12)2/h4,6-7,9,16H,1,5,8,10H2,2-3H3. The fraction of sp³-hybridized carbons (Fsp3) is 0.429. The molecule has 0 heterocycles. The van der Waals surface area contributed by atoms with Crippen molar-refractivity contribution in [1.29, 1.82) is 0 Å². The zero-order valence-corrected chi connectivity index (χ0v) is 9.96. The molecule has 0 aliphatic rings. The van der Waals surface area contributed by atoms with Gasteiger partial charge >= 0.3 is 0 Å². The van der Waals surface area contributed by atoms with E-state index < -0.39 is 5.60 Å². The summed E-state index contributed by atoms with van der Waals surface area (Å²) in [5.41, 5.74) is 1.08. The van der Waals surface area contributed by atoms with Crippen molar-refractivity contribution in [2.45, 2.75) is 38.7 Å². The lowest BCUT2D eigenvalue weighted by Gasteiger charge is -2.23. The fourth-order valence-corrected chi connectivity index (χ4v) is 1.74. The topological polar surface area (TPSA) is 20.2 Å². The van der Waals surface area contributed by atoms with E-state index in [1.165, 1.54) is 12.1 Å². The SMILES string of the molecule is C=CCCC(C)(O)Cc1cc(F)ccc1C. The molecule has 0 bridgehead atoms. The molecular weight excluding hydrogens is 203 g/mol. The highest BCUT2D eigenvalue weighted by Gasteiger charge is 2.20. The van der Waals surface area contributed by atoms with Gasteiger partial charge in [-0.3, -0.25) is 0 Å². The van der Waals surface area contributed by atoms with Crippen LogP contribution in [0.2, 0.25) is 0 Å². The zero-order valence-electron chi connectivity index (χ0n) is 9.96.